The Bertz CT molecular complexity index is 463. The molecular formula is C14H22N2O3S2. The Balaban J connectivity index is 2.21. The number of hydrogen-bond donors (Lipinski definition) is 2. The fourth-order valence-electron chi connectivity index (χ4n) is 1.75. The van der Waals surface area contributed by atoms with Gasteiger partial charge in [0.25, 0.3) is 0 Å². The molecule has 7 heteroatoms. The molecule has 1 heterocycles. The van der Waals surface area contributed by atoms with Gasteiger partial charge in [-0.15, -0.1) is 11.3 Å². The first-order chi connectivity index (χ1) is 10.0. The Kier molecular flexibility index (Phi) is 8.37. The van der Waals surface area contributed by atoms with E-state index in [2.05, 4.69) is 10.3 Å². The number of aliphatic carboxylic acids is 1. The maximum atomic E-state index is 11.7. The van der Waals surface area contributed by atoms with Gasteiger partial charge < -0.3 is 10.4 Å². The summed E-state index contributed by atoms with van der Waals surface area (Å²) in [6.07, 6.45) is 2.55. The average molecular weight is 330 g/mol. The normalized spacial score (nSPS) is 12.1. The molecule has 0 saturated heterocycles. The number of carbonyl (C=O) groups is 2. The number of amides is 1. The molecule has 0 spiro atoms. The van der Waals surface area contributed by atoms with Crippen LogP contribution in [-0.4, -0.2) is 33.8 Å². The molecule has 1 aromatic rings. The van der Waals surface area contributed by atoms with E-state index in [9.17, 15) is 9.59 Å². The second-order valence-corrected chi connectivity index (χ2v) is 6.93. The summed E-state index contributed by atoms with van der Waals surface area (Å²) in [6.45, 7) is 3.96. The van der Waals surface area contributed by atoms with E-state index in [4.69, 9.17) is 5.11 Å². The predicted molar refractivity (Wildman–Crippen MR) is 86.7 cm³/mol. The van der Waals surface area contributed by atoms with Gasteiger partial charge in [-0.05, 0) is 13.3 Å². The Morgan fingerprint density at radius 2 is 2.29 bits per heavy atom. The van der Waals surface area contributed by atoms with Crippen molar-refractivity contribution in [1.29, 1.82) is 0 Å². The smallest absolute Gasteiger partial charge is 0.326 e. The molecule has 1 rings (SSSR count). The van der Waals surface area contributed by atoms with Crippen LogP contribution in [0.3, 0.4) is 0 Å². The topological polar surface area (TPSA) is 79.3 Å². The number of unbranched alkanes of at least 4 members (excludes halogenated alkanes) is 1. The lowest BCUT2D eigenvalue weighted by molar-refractivity contribution is -0.142. The van der Waals surface area contributed by atoms with Crippen LogP contribution in [0.15, 0.2) is 5.38 Å². The minimum atomic E-state index is -0.956. The van der Waals surface area contributed by atoms with Crippen molar-refractivity contribution >= 4 is 35.0 Å². The van der Waals surface area contributed by atoms with Crippen molar-refractivity contribution in [3.8, 4) is 0 Å². The minimum Gasteiger partial charge on any atom is -0.480 e. The molecule has 1 unspecified atom stereocenters. The molecule has 5 nitrogen and oxygen atoms in total. The minimum absolute atomic E-state index is 0.194. The van der Waals surface area contributed by atoms with E-state index in [1.54, 1.807) is 23.1 Å². The lowest BCUT2D eigenvalue weighted by Crippen LogP contribution is -2.40. The molecule has 1 aromatic heterocycles. The number of rotatable bonds is 10. The van der Waals surface area contributed by atoms with Crippen LogP contribution in [-0.2, 0) is 15.3 Å². The SMILES string of the molecule is CCCCC(NC(=O)CCSCc1csc(C)n1)C(=O)O. The van der Waals surface area contributed by atoms with Crippen LogP contribution in [0, 0.1) is 6.92 Å². The third-order valence-corrected chi connectivity index (χ3v) is 4.68. The Labute approximate surface area is 133 Å². The number of carbonyl (C=O) groups excluding carboxylic acids is 1. The number of nitrogens with one attached hydrogen (secondary N) is 1. The van der Waals surface area contributed by atoms with Crippen LogP contribution < -0.4 is 5.32 Å². The molecule has 2 N–H and O–H groups in total. The molecule has 0 saturated carbocycles. The van der Waals surface area contributed by atoms with Gasteiger partial charge in [0.1, 0.15) is 6.04 Å². The van der Waals surface area contributed by atoms with Crippen molar-refractivity contribution in [3.05, 3.63) is 16.1 Å². The standard InChI is InChI=1S/C14H22N2O3S2/c1-3-4-5-12(14(18)19)16-13(17)6-7-20-8-11-9-21-10(2)15-11/h9,12H,3-8H2,1-2H3,(H,16,17)(H,18,19). The third-order valence-electron chi connectivity index (χ3n) is 2.87. The van der Waals surface area contributed by atoms with E-state index in [-0.39, 0.29) is 5.91 Å². The maximum absolute atomic E-state index is 11.7. The maximum Gasteiger partial charge on any atom is 0.326 e. The summed E-state index contributed by atoms with van der Waals surface area (Å²) in [5.74, 6) is 0.307. The van der Waals surface area contributed by atoms with Gasteiger partial charge in [0.05, 0.1) is 10.7 Å². The predicted octanol–water partition coefficient (Wildman–Crippen LogP) is 2.83. The van der Waals surface area contributed by atoms with Crippen LogP contribution in [0.25, 0.3) is 0 Å². The highest BCUT2D eigenvalue weighted by atomic mass is 32.2. The lowest BCUT2D eigenvalue weighted by atomic mass is 10.1. The molecule has 0 fully saturated rings. The van der Waals surface area contributed by atoms with Gasteiger partial charge in [0.2, 0.25) is 5.91 Å². The molecular weight excluding hydrogens is 308 g/mol. The van der Waals surface area contributed by atoms with Crippen LogP contribution in [0.4, 0.5) is 0 Å². The molecule has 0 bridgehead atoms. The summed E-state index contributed by atoms with van der Waals surface area (Å²) in [7, 11) is 0. The highest BCUT2D eigenvalue weighted by Gasteiger charge is 2.18. The second-order valence-electron chi connectivity index (χ2n) is 4.76. The Morgan fingerprint density at radius 1 is 1.52 bits per heavy atom. The largest absolute Gasteiger partial charge is 0.480 e. The van der Waals surface area contributed by atoms with E-state index in [1.165, 1.54) is 0 Å². The van der Waals surface area contributed by atoms with Crippen molar-refractivity contribution in [2.24, 2.45) is 0 Å². The van der Waals surface area contributed by atoms with Gasteiger partial charge in [-0.1, -0.05) is 19.8 Å². The number of thiazole rings is 1. The van der Waals surface area contributed by atoms with Crippen LogP contribution in [0.5, 0.6) is 0 Å². The molecule has 0 aliphatic carbocycles. The monoisotopic (exact) mass is 330 g/mol. The van der Waals surface area contributed by atoms with E-state index in [0.717, 1.165) is 29.3 Å². The summed E-state index contributed by atoms with van der Waals surface area (Å²) >= 11 is 3.26. The number of aromatic nitrogens is 1. The van der Waals surface area contributed by atoms with E-state index in [1.807, 2.05) is 19.2 Å². The van der Waals surface area contributed by atoms with Gasteiger partial charge in [-0.25, -0.2) is 9.78 Å². The zero-order chi connectivity index (χ0) is 15.7. The fraction of sp³-hybridized carbons (Fsp3) is 0.643. The van der Waals surface area contributed by atoms with Crippen molar-refractivity contribution in [3.63, 3.8) is 0 Å². The van der Waals surface area contributed by atoms with Gasteiger partial charge in [-0.3, -0.25) is 4.79 Å². The number of carboxylic acid groups (broad SMARTS) is 1. The van der Waals surface area contributed by atoms with E-state index < -0.39 is 12.0 Å². The van der Waals surface area contributed by atoms with Gasteiger partial charge in [0.15, 0.2) is 0 Å². The summed E-state index contributed by atoms with van der Waals surface area (Å²) in [4.78, 5) is 27.1. The second kappa shape index (κ2) is 9.78. The number of aryl methyl sites for hydroxylation is 1. The highest BCUT2D eigenvalue weighted by Crippen LogP contribution is 2.15. The van der Waals surface area contributed by atoms with Crippen molar-refractivity contribution < 1.29 is 14.7 Å². The number of hydrogen-bond acceptors (Lipinski definition) is 5. The number of thioether (sulfide) groups is 1. The first kappa shape index (κ1) is 18.0. The molecule has 1 amide bonds. The van der Waals surface area contributed by atoms with Crippen LogP contribution in [0.2, 0.25) is 0 Å². The first-order valence-electron chi connectivity index (χ1n) is 7.03. The lowest BCUT2D eigenvalue weighted by Gasteiger charge is -2.13. The fourth-order valence-corrected chi connectivity index (χ4v) is 3.30. The van der Waals surface area contributed by atoms with Gasteiger partial charge >= 0.3 is 5.97 Å². The summed E-state index contributed by atoms with van der Waals surface area (Å²) in [6, 6.07) is -0.761. The third kappa shape index (κ3) is 7.47. The van der Waals surface area contributed by atoms with E-state index >= 15 is 0 Å². The number of carboxylic acids is 1. The molecule has 0 radical (unpaired) electrons. The van der Waals surface area contributed by atoms with Gasteiger partial charge in [0, 0.05) is 23.3 Å². The quantitative estimate of drug-likeness (QED) is 0.645. The molecule has 0 aromatic carbocycles. The summed E-state index contributed by atoms with van der Waals surface area (Å²) in [5, 5.41) is 14.7. The van der Waals surface area contributed by atoms with Crippen LogP contribution >= 0.6 is 23.1 Å². The molecule has 0 aliphatic rings. The summed E-state index contributed by atoms with van der Waals surface area (Å²) < 4.78 is 0. The van der Waals surface area contributed by atoms with Crippen molar-refractivity contribution in [1.82, 2.24) is 10.3 Å². The molecule has 118 valence electrons. The Hall–Kier alpha value is -1.08. The Morgan fingerprint density at radius 3 is 2.86 bits per heavy atom. The van der Waals surface area contributed by atoms with Crippen LogP contribution in [0.1, 0.15) is 43.3 Å². The molecule has 21 heavy (non-hydrogen) atoms. The van der Waals surface area contributed by atoms with Crippen molar-refractivity contribution in [2.45, 2.75) is 51.3 Å². The van der Waals surface area contributed by atoms with Gasteiger partial charge in [-0.2, -0.15) is 11.8 Å². The molecule has 0 aliphatic heterocycles. The first-order valence-corrected chi connectivity index (χ1v) is 9.07. The zero-order valence-electron chi connectivity index (χ0n) is 12.4. The average Bonchev–Trinajstić information content (AvgIpc) is 2.85. The summed E-state index contributed by atoms with van der Waals surface area (Å²) in [5.41, 5.74) is 1.04. The van der Waals surface area contributed by atoms with E-state index in [0.29, 0.717) is 18.6 Å². The van der Waals surface area contributed by atoms with Crippen molar-refractivity contribution in [2.75, 3.05) is 5.75 Å². The molecule has 1 atom stereocenters. The zero-order valence-corrected chi connectivity index (χ0v) is 14.1. The number of nitrogens with zero attached hydrogens (tertiary/aromatic N) is 1. The highest BCUT2D eigenvalue weighted by molar-refractivity contribution is 7.98.